The third-order valence-electron chi connectivity index (χ3n) is 2.64. The molecular weight excluding hydrogens is 174 g/mol. The summed E-state index contributed by atoms with van der Waals surface area (Å²) >= 11 is 0. The van der Waals surface area contributed by atoms with Crippen LogP contribution in [0, 0.1) is 6.92 Å². The highest BCUT2D eigenvalue weighted by Crippen LogP contribution is 2.21. The highest BCUT2D eigenvalue weighted by molar-refractivity contribution is 5.41. The molecule has 2 rings (SSSR count). The molecule has 2 heterocycles. The van der Waals surface area contributed by atoms with Gasteiger partial charge in [0.25, 0.3) is 0 Å². The van der Waals surface area contributed by atoms with E-state index in [1.54, 1.807) is 0 Å². The number of nitrogens with two attached hydrogens (primary N) is 1. The molecule has 3 heteroatoms. The molecule has 1 aliphatic rings. The summed E-state index contributed by atoms with van der Waals surface area (Å²) in [6.07, 6.45) is 5.00. The van der Waals surface area contributed by atoms with E-state index in [9.17, 15) is 0 Å². The number of hydrogen-bond acceptors (Lipinski definition) is 2. The third-order valence-corrected chi connectivity index (χ3v) is 2.64. The molecule has 14 heavy (non-hydrogen) atoms. The second kappa shape index (κ2) is 5.03. The predicted molar refractivity (Wildman–Crippen MR) is 60.3 cm³/mol. The van der Waals surface area contributed by atoms with E-state index >= 15 is 0 Å². The first-order chi connectivity index (χ1) is 6.79. The van der Waals surface area contributed by atoms with Crippen LogP contribution in [0.4, 0.5) is 5.82 Å². The first-order valence-corrected chi connectivity index (χ1v) is 5.61. The summed E-state index contributed by atoms with van der Waals surface area (Å²) in [5.74, 6) is 0.715. The van der Waals surface area contributed by atoms with E-state index in [0.717, 1.165) is 13.0 Å². The molecule has 2 N–H and O–H groups in total. The van der Waals surface area contributed by atoms with E-state index in [2.05, 4.69) is 16.7 Å². The van der Waals surface area contributed by atoms with Crippen molar-refractivity contribution in [3.8, 4) is 0 Å². The fourth-order valence-corrected chi connectivity index (χ4v) is 1.84. The van der Waals surface area contributed by atoms with Crippen LogP contribution < -0.4 is 5.73 Å². The summed E-state index contributed by atoms with van der Waals surface area (Å²) in [6.45, 7) is 7.12. The normalized spacial score (nSPS) is 15.1. The number of nitrogens with zero attached hydrogens (tertiary/aromatic N) is 2. The van der Waals surface area contributed by atoms with Crippen molar-refractivity contribution in [1.29, 1.82) is 0 Å². The zero-order valence-electron chi connectivity index (χ0n) is 9.51. The van der Waals surface area contributed by atoms with Gasteiger partial charge >= 0.3 is 0 Å². The summed E-state index contributed by atoms with van der Waals surface area (Å²) < 4.78 is 2.08. The minimum absolute atomic E-state index is 0.715. The molecule has 0 saturated carbocycles. The van der Waals surface area contributed by atoms with Gasteiger partial charge in [-0.1, -0.05) is 20.3 Å². The van der Waals surface area contributed by atoms with Crippen molar-refractivity contribution in [1.82, 2.24) is 9.78 Å². The fourth-order valence-electron chi connectivity index (χ4n) is 1.84. The highest BCUT2D eigenvalue weighted by Gasteiger charge is 2.13. The Bertz CT molecular complexity index is 289. The molecule has 3 nitrogen and oxygen atoms in total. The van der Waals surface area contributed by atoms with E-state index in [0.29, 0.717) is 5.82 Å². The van der Waals surface area contributed by atoms with Crippen molar-refractivity contribution in [2.24, 2.45) is 0 Å². The number of rotatable bonds is 0. The lowest BCUT2D eigenvalue weighted by molar-refractivity contribution is 0.578. The summed E-state index contributed by atoms with van der Waals surface area (Å²) in [5.41, 5.74) is 8.28. The highest BCUT2D eigenvalue weighted by atomic mass is 15.3. The van der Waals surface area contributed by atoms with E-state index in [1.807, 2.05) is 13.8 Å². The van der Waals surface area contributed by atoms with Crippen molar-refractivity contribution in [3.05, 3.63) is 11.3 Å². The van der Waals surface area contributed by atoms with Crippen LogP contribution in [0.3, 0.4) is 0 Å². The largest absolute Gasteiger partial charge is 0.382 e. The molecule has 0 fully saturated rings. The first-order valence-electron chi connectivity index (χ1n) is 5.61. The lowest BCUT2D eigenvalue weighted by Crippen LogP contribution is -2.02. The molecule has 0 spiro atoms. The van der Waals surface area contributed by atoms with Gasteiger partial charge in [0, 0.05) is 17.8 Å². The molecule has 1 aliphatic heterocycles. The van der Waals surface area contributed by atoms with Crippen LogP contribution in [0.15, 0.2) is 0 Å². The van der Waals surface area contributed by atoms with Gasteiger partial charge in [-0.15, -0.1) is 0 Å². The smallest absolute Gasteiger partial charge is 0.148 e. The number of hydrogen-bond donors (Lipinski definition) is 1. The van der Waals surface area contributed by atoms with Crippen LogP contribution >= 0.6 is 0 Å². The molecule has 0 amide bonds. The van der Waals surface area contributed by atoms with Gasteiger partial charge < -0.3 is 5.73 Å². The van der Waals surface area contributed by atoms with Crippen LogP contribution in [-0.4, -0.2) is 9.78 Å². The zero-order chi connectivity index (χ0) is 10.6. The number of aromatic nitrogens is 2. The van der Waals surface area contributed by atoms with Crippen molar-refractivity contribution < 1.29 is 0 Å². The number of nitrogen functional groups attached to an aromatic ring is 1. The van der Waals surface area contributed by atoms with E-state index in [-0.39, 0.29) is 0 Å². The molecule has 0 saturated heterocycles. The molecule has 0 radical (unpaired) electrons. The maximum absolute atomic E-state index is 5.74. The van der Waals surface area contributed by atoms with Gasteiger partial charge in [0.05, 0.1) is 0 Å². The van der Waals surface area contributed by atoms with Crippen molar-refractivity contribution in [3.63, 3.8) is 0 Å². The lowest BCUT2D eigenvalue weighted by atomic mass is 10.1. The molecule has 0 unspecified atom stereocenters. The van der Waals surface area contributed by atoms with Gasteiger partial charge in [-0.05, 0) is 26.2 Å². The minimum Gasteiger partial charge on any atom is -0.382 e. The van der Waals surface area contributed by atoms with Gasteiger partial charge in [-0.3, -0.25) is 4.68 Å². The van der Waals surface area contributed by atoms with Gasteiger partial charge in [0.1, 0.15) is 5.82 Å². The molecular formula is C11H21N3. The SMILES string of the molecule is CC.Cc1c(N)nn2c1CCCCC2. The molecule has 0 bridgehead atoms. The third kappa shape index (κ3) is 2.08. The van der Waals surface area contributed by atoms with E-state index < -0.39 is 0 Å². The minimum atomic E-state index is 0.715. The van der Waals surface area contributed by atoms with Crippen LogP contribution in [-0.2, 0) is 13.0 Å². The average molecular weight is 195 g/mol. The molecule has 1 aromatic rings. The molecule has 0 aliphatic carbocycles. The standard InChI is InChI=1S/C9H15N3.C2H6/c1-7-8-5-3-2-4-6-12(8)11-9(7)10;1-2/h2-6H2,1H3,(H2,10,11);1-2H3. The first kappa shape index (κ1) is 11.1. The van der Waals surface area contributed by atoms with Crippen molar-refractivity contribution in [2.75, 3.05) is 5.73 Å². The maximum Gasteiger partial charge on any atom is 0.148 e. The average Bonchev–Trinajstić information content (AvgIpc) is 2.44. The van der Waals surface area contributed by atoms with E-state index in [1.165, 1.54) is 30.5 Å². The molecule has 1 aromatic heterocycles. The summed E-state index contributed by atoms with van der Waals surface area (Å²) in [4.78, 5) is 0. The van der Waals surface area contributed by atoms with Crippen LogP contribution in [0.5, 0.6) is 0 Å². The fraction of sp³-hybridized carbons (Fsp3) is 0.727. The van der Waals surface area contributed by atoms with Crippen LogP contribution in [0.2, 0.25) is 0 Å². The van der Waals surface area contributed by atoms with Crippen LogP contribution in [0.25, 0.3) is 0 Å². The summed E-state index contributed by atoms with van der Waals surface area (Å²) in [5, 5.41) is 4.31. The summed E-state index contributed by atoms with van der Waals surface area (Å²) in [6, 6.07) is 0. The Labute approximate surface area is 86.3 Å². The lowest BCUT2D eigenvalue weighted by Gasteiger charge is -2.00. The number of aryl methyl sites for hydroxylation is 1. The summed E-state index contributed by atoms with van der Waals surface area (Å²) in [7, 11) is 0. The second-order valence-electron chi connectivity index (χ2n) is 3.49. The maximum atomic E-state index is 5.74. The van der Waals surface area contributed by atoms with E-state index in [4.69, 9.17) is 5.73 Å². The zero-order valence-corrected chi connectivity index (χ0v) is 9.51. The van der Waals surface area contributed by atoms with Gasteiger partial charge in [-0.25, -0.2) is 0 Å². The van der Waals surface area contributed by atoms with Gasteiger partial charge in [0.15, 0.2) is 0 Å². The predicted octanol–water partition coefficient (Wildman–Crippen LogP) is 2.53. The van der Waals surface area contributed by atoms with Crippen molar-refractivity contribution >= 4 is 5.82 Å². The Balaban J connectivity index is 0.000000461. The Morgan fingerprint density at radius 2 is 1.93 bits per heavy atom. The number of anilines is 1. The Hall–Kier alpha value is -0.990. The Morgan fingerprint density at radius 3 is 2.64 bits per heavy atom. The Morgan fingerprint density at radius 1 is 1.21 bits per heavy atom. The molecule has 80 valence electrons. The quantitative estimate of drug-likeness (QED) is 0.691. The van der Waals surface area contributed by atoms with Crippen LogP contribution in [0.1, 0.15) is 44.4 Å². The second-order valence-corrected chi connectivity index (χ2v) is 3.49. The Kier molecular flexibility index (Phi) is 3.98. The monoisotopic (exact) mass is 195 g/mol. The van der Waals surface area contributed by atoms with Gasteiger partial charge in [0.2, 0.25) is 0 Å². The molecule has 0 atom stereocenters. The van der Waals surface area contributed by atoms with Gasteiger partial charge in [-0.2, -0.15) is 5.10 Å². The topological polar surface area (TPSA) is 43.8 Å². The molecule has 0 aromatic carbocycles. The number of fused-ring (bicyclic) bond motifs is 1. The van der Waals surface area contributed by atoms with Crippen molar-refractivity contribution in [2.45, 2.75) is 53.0 Å².